The Morgan fingerprint density at radius 1 is 1.05 bits per heavy atom. The molecule has 0 aliphatic heterocycles. The van der Waals surface area contributed by atoms with Crippen molar-refractivity contribution in [1.29, 1.82) is 0 Å². The van der Waals surface area contributed by atoms with E-state index in [0.29, 0.717) is 0 Å². The van der Waals surface area contributed by atoms with Crippen molar-refractivity contribution in [3.63, 3.8) is 0 Å². The maximum absolute atomic E-state index is 6.51. The van der Waals surface area contributed by atoms with E-state index < -0.39 is 8.32 Å². The fourth-order valence-corrected chi connectivity index (χ4v) is 3.12. The van der Waals surface area contributed by atoms with Gasteiger partial charge < -0.3 is 4.43 Å². The summed E-state index contributed by atoms with van der Waals surface area (Å²) in [5.41, 5.74) is 0. The molecule has 0 aliphatic rings. The highest BCUT2D eigenvalue weighted by atomic mass is 28.4. The Balaban J connectivity index is 4.69. The fourth-order valence-electron chi connectivity index (χ4n) is 1.88. The average Bonchev–Trinajstić information content (AvgIpc) is 2.41. The second-order valence-electron chi connectivity index (χ2n) is 7.70. The van der Waals surface area contributed by atoms with Gasteiger partial charge in [0.1, 0.15) is 6.10 Å². The lowest BCUT2D eigenvalue weighted by atomic mass is 10.1. The van der Waals surface area contributed by atoms with Gasteiger partial charge in [0.2, 0.25) is 0 Å². The van der Waals surface area contributed by atoms with Crippen molar-refractivity contribution < 1.29 is 4.43 Å². The van der Waals surface area contributed by atoms with E-state index in [9.17, 15) is 0 Å². The van der Waals surface area contributed by atoms with Gasteiger partial charge in [-0.3, -0.25) is 0 Å². The zero-order valence-corrected chi connectivity index (χ0v) is 17.1. The molecule has 0 heterocycles. The van der Waals surface area contributed by atoms with Crippen molar-refractivity contribution in [2.24, 2.45) is 0 Å². The van der Waals surface area contributed by atoms with E-state index in [1.165, 1.54) is 32.1 Å². The first-order valence-corrected chi connectivity index (χ1v) is 12.0. The van der Waals surface area contributed by atoms with E-state index in [0.717, 1.165) is 12.8 Å². The zero-order chi connectivity index (χ0) is 17.1. The number of unbranched alkanes of at least 4 members (excludes halogenated alkanes) is 4. The number of hydrogen-bond donors (Lipinski definition) is 0. The number of allylic oxidation sites excluding steroid dienone is 2. The van der Waals surface area contributed by atoms with Crippen LogP contribution in [0.5, 0.6) is 0 Å². The highest BCUT2D eigenvalue weighted by Crippen LogP contribution is 2.37. The van der Waals surface area contributed by atoms with Gasteiger partial charge in [-0.25, -0.2) is 0 Å². The molecule has 0 fully saturated rings. The molecule has 0 aliphatic carbocycles. The van der Waals surface area contributed by atoms with Gasteiger partial charge in [0, 0.05) is 0 Å². The first kappa shape index (κ1) is 21.5. The molecule has 22 heavy (non-hydrogen) atoms. The van der Waals surface area contributed by atoms with E-state index in [4.69, 9.17) is 4.43 Å². The molecule has 0 saturated heterocycles. The molecule has 0 rings (SSSR count). The van der Waals surface area contributed by atoms with Gasteiger partial charge in [0.15, 0.2) is 8.32 Å². The van der Waals surface area contributed by atoms with Crippen LogP contribution in [0.1, 0.15) is 79.6 Å². The molecule has 0 spiro atoms. The number of rotatable bonds is 9. The first-order valence-electron chi connectivity index (χ1n) is 9.08. The van der Waals surface area contributed by atoms with Gasteiger partial charge in [-0.2, -0.15) is 0 Å². The Hall–Kier alpha value is -0.523. The summed E-state index contributed by atoms with van der Waals surface area (Å²) < 4.78 is 6.51. The second kappa shape index (κ2) is 11.1. The predicted octanol–water partition coefficient (Wildman–Crippen LogP) is 6.71. The molecule has 0 aromatic carbocycles. The summed E-state index contributed by atoms with van der Waals surface area (Å²) in [6.07, 6.45) is 12.7. The molecule has 1 atom stereocenters. The van der Waals surface area contributed by atoms with Crippen LogP contribution >= 0.6 is 0 Å². The van der Waals surface area contributed by atoms with Crippen molar-refractivity contribution >= 4 is 8.32 Å². The zero-order valence-electron chi connectivity index (χ0n) is 16.1. The molecule has 0 aromatic rings. The predicted molar refractivity (Wildman–Crippen MR) is 103 cm³/mol. The third-order valence-electron chi connectivity index (χ3n) is 4.48. The highest BCUT2D eigenvalue weighted by molar-refractivity contribution is 6.74. The Bertz CT molecular complexity index is 365. The summed E-state index contributed by atoms with van der Waals surface area (Å²) in [6.45, 7) is 16.0. The van der Waals surface area contributed by atoms with Crippen molar-refractivity contribution in [3.05, 3.63) is 12.2 Å². The molecule has 2 heteroatoms. The number of hydrogen-bond acceptors (Lipinski definition) is 1. The van der Waals surface area contributed by atoms with E-state index >= 15 is 0 Å². The molecule has 0 saturated carbocycles. The van der Waals surface area contributed by atoms with Gasteiger partial charge in [-0.05, 0) is 43.5 Å². The van der Waals surface area contributed by atoms with Crippen LogP contribution in [-0.2, 0) is 4.43 Å². The summed E-state index contributed by atoms with van der Waals surface area (Å²) in [7, 11) is -1.74. The van der Waals surface area contributed by atoms with Gasteiger partial charge >= 0.3 is 0 Å². The van der Waals surface area contributed by atoms with Crippen molar-refractivity contribution in [1.82, 2.24) is 0 Å². The summed E-state index contributed by atoms with van der Waals surface area (Å²) >= 11 is 0. The molecule has 1 nitrogen and oxygen atoms in total. The summed E-state index contributed by atoms with van der Waals surface area (Å²) in [5.74, 6) is 6.57. The molecule has 128 valence electrons. The van der Waals surface area contributed by atoms with Crippen molar-refractivity contribution in [3.8, 4) is 11.8 Å². The van der Waals surface area contributed by atoms with E-state index in [1.807, 2.05) is 6.08 Å². The monoisotopic (exact) mass is 322 g/mol. The Morgan fingerprint density at radius 2 is 1.68 bits per heavy atom. The van der Waals surface area contributed by atoms with E-state index in [-0.39, 0.29) is 11.1 Å². The minimum absolute atomic E-state index is 0.100. The lowest BCUT2D eigenvalue weighted by Gasteiger charge is -2.38. The Morgan fingerprint density at radius 3 is 2.23 bits per heavy atom. The van der Waals surface area contributed by atoms with Gasteiger partial charge in [-0.1, -0.05) is 78.2 Å². The van der Waals surface area contributed by atoms with Crippen LogP contribution in [-0.4, -0.2) is 14.4 Å². The fraction of sp³-hybridized carbons (Fsp3) is 0.800. The molecule has 1 unspecified atom stereocenters. The van der Waals surface area contributed by atoms with Crippen LogP contribution in [0.4, 0.5) is 0 Å². The normalized spacial score (nSPS) is 14.0. The minimum Gasteiger partial charge on any atom is -0.403 e. The van der Waals surface area contributed by atoms with Crippen LogP contribution in [0.3, 0.4) is 0 Å². The minimum atomic E-state index is -1.74. The largest absolute Gasteiger partial charge is 0.403 e. The van der Waals surface area contributed by atoms with Gasteiger partial charge in [-0.15, -0.1) is 0 Å². The second-order valence-corrected chi connectivity index (χ2v) is 12.5. The van der Waals surface area contributed by atoms with Crippen LogP contribution in [0.2, 0.25) is 18.1 Å². The Kier molecular flexibility index (Phi) is 10.8. The maximum atomic E-state index is 6.51. The molecular weight excluding hydrogens is 284 g/mol. The SMILES string of the molecule is CCCC/C=C/C#CC(CCCCC)O[Si](C)(C)C(C)(C)C. The molecule has 0 amide bonds. The molecule has 0 bridgehead atoms. The third kappa shape index (κ3) is 9.49. The molecule has 0 N–H and O–H groups in total. The topological polar surface area (TPSA) is 9.23 Å². The van der Waals surface area contributed by atoms with Crippen LogP contribution in [0.25, 0.3) is 0 Å². The summed E-state index contributed by atoms with van der Waals surface area (Å²) in [6, 6.07) is 0. The quantitative estimate of drug-likeness (QED) is 0.260. The van der Waals surface area contributed by atoms with Crippen LogP contribution < -0.4 is 0 Å². The van der Waals surface area contributed by atoms with E-state index in [1.54, 1.807) is 0 Å². The lowest BCUT2D eigenvalue weighted by molar-refractivity contribution is 0.219. The van der Waals surface area contributed by atoms with Crippen molar-refractivity contribution in [2.45, 2.75) is 104 Å². The third-order valence-corrected chi connectivity index (χ3v) is 8.97. The smallest absolute Gasteiger partial charge is 0.193 e. The first-order chi connectivity index (χ1) is 10.2. The summed E-state index contributed by atoms with van der Waals surface area (Å²) in [4.78, 5) is 0. The van der Waals surface area contributed by atoms with E-state index in [2.05, 4.69) is 65.6 Å². The molecule has 0 radical (unpaired) electrons. The van der Waals surface area contributed by atoms with Crippen molar-refractivity contribution in [2.75, 3.05) is 0 Å². The van der Waals surface area contributed by atoms with Crippen LogP contribution in [0.15, 0.2) is 12.2 Å². The summed E-state index contributed by atoms with van der Waals surface area (Å²) in [5, 5.41) is 0.245. The standard InChI is InChI=1S/C20H38OSi/c1-8-10-12-13-14-16-18-19(17-15-11-9-2)21-22(6,7)20(3,4)5/h13-14,19H,8-12,15,17H2,1-7H3/b14-13+. The van der Waals surface area contributed by atoms with Gasteiger partial charge in [0.25, 0.3) is 0 Å². The van der Waals surface area contributed by atoms with Crippen LogP contribution in [0, 0.1) is 11.8 Å². The molecular formula is C20H38OSi. The molecule has 0 aromatic heterocycles. The lowest BCUT2D eigenvalue weighted by Crippen LogP contribution is -2.43. The highest BCUT2D eigenvalue weighted by Gasteiger charge is 2.38. The maximum Gasteiger partial charge on any atom is 0.193 e. The van der Waals surface area contributed by atoms with Gasteiger partial charge in [0.05, 0.1) is 0 Å². The average molecular weight is 323 g/mol. The Labute approximate surface area is 141 Å².